The molecule has 0 aliphatic heterocycles. The van der Waals surface area contributed by atoms with Crippen LogP contribution in [0.4, 0.5) is 0 Å². The molecule has 3 unspecified atom stereocenters. The van der Waals surface area contributed by atoms with Gasteiger partial charge in [-0.15, -0.1) is 0 Å². The topological polar surface area (TPSA) is 53.2 Å². The molecule has 76 valence electrons. The molecule has 1 aliphatic rings. The lowest BCUT2D eigenvalue weighted by Crippen LogP contribution is -2.28. The predicted octanol–water partition coefficient (Wildman–Crippen LogP) is 2.43. The Bertz CT molecular complexity index is 263. The second-order valence-electron chi connectivity index (χ2n) is 3.91. The van der Waals surface area contributed by atoms with Crippen molar-refractivity contribution in [3.63, 3.8) is 0 Å². The molecule has 0 aromatic carbocycles. The zero-order valence-electron chi connectivity index (χ0n) is 8.57. The SMILES string of the molecule is CCC1CCCCC1C(C#N)N=C=O. The van der Waals surface area contributed by atoms with Crippen molar-refractivity contribution in [1.82, 2.24) is 0 Å². The van der Waals surface area contributed by atoms with E-state index in [9.17, 15) is 4.79 Å². The first-order chi connectivity index (χ1) is 6.83. The lowest BCUT2D eigenvalue weighted by molar-refractivity contribution is 0.216. The summed E-state index contributed by atoms with van der Waals surface area (Å²) in [6.45, 7) is 2.14. The van der Waals surface area contributed by atoms with Gasteiger partial charge in [-0.3, -0.25) is 0 Å². The highest BCUT2D eigenvalue weighted by Gasteiger charge is 2.30. The molecule has 0 aromatic heterocycles. The van der Waals surface area contributed by atoms with E-state index in [0.717, 1.165) is 19.3 Å². The monoisotopic (exact) mass is 192 g/mol. The molecule has 1 aliphatic carbocycles. The molecule has 3 nitrogen and oxygen atoms in total. The van der Waals surface area contributed by atoms with E-state index >= 15 is 0 Å². The lowest BCUT2D eigenvalue weighted by atomic mass is 9.74. The minimum Gasteiger partial charge on any atom is -0.211 e. The number of isocyanates is 1. The normalized spacial score (nSPS) is 28.6. The average Bonchev–Trinajstić information content (AvgIpc) is 2.26. The van der Waals surface area contributed by atoms with E-state index in [0.29, 0.717) is 5.92 Å². The maximum atomic E-state index is 10.2. The molecule has 1 rings (SSSR count). The fourth-order valence-electron chi connectivity index (χ4n) is 2.44. The van der Waals surface area contributed by atoms with Gasteiger partial charge >= 0.3 is 0 Å². The van der Waals surface area contributed by atoms with Gasteiger partial charge in [0.2, 0.25) is 6.08 Å². The first-order valence-electron chi connectivity index (χ1n) is 5.30. The quantitative estimate of drug-likeness (QED) is 0.509. The van der Waals surface area contributed by atoms with Crippen LogP contribution in [0.25, 0.3) is 0 Å². The fraction of sp³-hybridized carbons (Fsp3) is 0.818. The van der Waals surface area contributed by atoms with E-state index in [1.54, 1.807) is 0 Å². The highest BCUT2D eigenvalue weighted by Crippen LogP contribution is 2.35. The van der Waals surface area contributed by atoms with Crippen molar-refractivity contribution in [2.45, 2.75) is 45.1 Å². The molecule has 1 fully saturated rings. The summed E-state index contributed by atoms with van der Waals surface area (Å²) in [5, 5.41) is 8.90. The van der Waals surface area contributed by atoms with Crippen LogP contribution in [0.15, 0.2) is 4.99 Å². The Morgan fingerprint density at radius 1 is 1.50 bits per heavy atom. The van der Waals surface area contributed by atoms with Gasteiger partial charge in [-0.05, 0) is 18.3 Å². The van der Waals surface area contributed by atoms with Crippen molar-refractivity contribution in [3.05, 3.63) is 0 Å². The number of rotatable bonds is 3. The largest absolute Gasteiger partial charge is 0.236 e. The van der Waals surface area contributed by atoms with Crippen molar-refractivity contribution in [1.29, 1.82) is 5.26 Å². The lowest BCUT2D eigenvalue weighted by Gasteiger charge is -2.31. The van der Waals surface area contributed by atoms with E-state index in [1.807, 2.05) is 0 Å². The Labute approximate surface area is 84.8 Å². The van der Waals surface area contributed by atoms with Gasteiger partial charge in [0, 0.05) is 0 Å². The van der Waals surface area contributed by atoms with Gasteiger partial charge in [0.1, 0.15) is 0 Å². The predicted molar refractivity (Wildman–Crippen MR) is 53.3 cm³/mol. The smallest absolute Gasteiger partial charge is 0.211 e. The third kappa shape index (κ3) is 2.43. The van der Waals surface area contributed by atoms with Gasteiger partial charge in [-0.25, -0.2) is 4.79 Å². The van der Waals surface area contributed by atoms with Crippen LogP contribution < -0.4 is 0 Å². The highest BCUT2D eigenvalue weighted by molar-refractivity contribution is 5.34. The van der Waals surface area contributed by atoms with Crippen LogP contribution in [0.2, 0.25) is 0 Å². The van der Waals surface area contributed by atoms with Crippen LogP contribution in [-0.2, 0) is 4.79 Å². The molecule has 0 N–H and O–H groups in total. The Morgan fingerprint density at radius 2 is 2.21 bits per heavy atom. The average molecular weight is 192 g/mol. The third-order valence-corrected chi connectivity index (χ3v) is 3.22. The number of nitriles is 1. The molecule has 0 aromatic rings. The standard InChI is InChI=1S/C11H16N2O/c1-2-9-5-3-4-6-10(9)11(7-12)13-8-14/h9-11H,2-6H2,1H3. The molecule has 0 heterocycles. The third-order valence-electron chi connectivity index (χ3n) is 3.22. The zero-order valence-corrected chi connectivity index (χ0v) is 8.57. The first kappa shape index (κ1) is 10.9. The molecule has 0 bridgehead atoms. The maximum absolute atomic E-state index is 10.2. The molecular formula is C11H16N2O. The molecule has 0 amide bonds. The summed E-state index contributed by atoms with van der Waals surface area (Å²) in [5.41, 5.74) is 0. The van der Waals surface area contributed by atoms with Crippen molar-refractivity contribution in [2.24, 2.45) is 16.8 Å². The number of hydrogen-bond donors (Lipinski definition) is 0. The van der Waals surface area contributed by atoms with Gasteiger partial charge in [-0.2, -0.15) is 10.3 Å². The summed E-state index contributed by atoms with van der Waals surface area (Å²) in [5.74, 6) is 0.839. The van der Waals surface area contributed by atoms with Crippen LogP contribution in [0.3, 0.4) is 0 Å². The van der Waals surface area contributed by atoms with Crippen LogP contribution in [0.1, 0.15) is 39.0 Å². The number of nitrogens with zero attached hydrogens (tertiary/aromatic N) is 2. The van der Waals surface area contributed by atoms with Crippen molar-refractivity contribution < 1.29 is 4.79 Å². The van der Waals surface area contributed by atoms with Crippen LogP contribution in [0.5, 0.6) is 0 Å². The van der Waals surface area contributed by atoms with Crippen LogP contribution >= 0.6 is 0 Å². The molecule has 0 saturated heterocycles. The van der Waals surface area contributed by atoms with Gasteiger partial charge in [0.15, 0.2) is 6.04 Å². The summed E-state index contributed by atoms with van der Waals surface area (Å²) in [4.78, 5) is 13.8. The van der Waals surface area contributed by atoms with E-state index in [-0.39, 0.29) is 5.92 Å². The maximum Gasteiger partial charge on any atom is 0.236 e. The van der Waals surface area contributed by atoms with Crippen molar-refractivity contribution in [3.8, 4) is 6.07 Å². The fourth-order valence-corrected chi connectivity index (χ4v) is 2.44. The Hall–Kier alpha value is -1.13. The van der Waals surface area contributed by atoms with E-state index < -0.39 is 6.04 Å². The summed E-state index contributed by atoms with van der Waals surface area (Å²) < 4.78 is 0. The molecular weight excluding hydrogens is 176 g/mol. The van der Waals surface area contributed by atoms with E-state index in [4.69, 9.17) is 5.26 Å². The molecule has 0 radical (unpaired) electrons. The molecule has 0 spiro atoms. The molecule has 3 atom stereocenters. The minimum atomic E-state index is -0.460. The summed E-state index contributed by atoms with van der Waals surface area (Å²) in [7, 11) is 0. The number of hydrogen-bond acceptors (Lipinski definition) is 3. The second kappa shape index (κ2) is 5.57. The van der Waals surface area contributed by atoms with E-state index in [1.165, 1.54) is 18.9 Å². The summed E-state index contributed by atoms with van der Waals surface area (Å²) >= 11 is 0. The van der Waals surface area contributed by atoms with Gasteiger partial charge in [0.05, 0.1) is 6.07 Å². The summed E-state index contributed by atoms with van der Waals surface area (Å²) in [6.07, 6.45) is 7.21. The van der Waals surface area contributed by atoms with Gasteiger partial charge in [0.25, 0.3) is 0 Å². The number of carbonyl (C=O) groups excluding carboxylic acids is 1. The van der Waals surface area contributed by atoms with Crippen molar-refractivity contribution in [2.75, 3.05) is 0 Å². The second-order valence-corrected chi connectivity index (χ2v) is 3.91. The van der Waals surface area contributed by atoms with E-state index in [2.05, 4.69) is 18.0 Å². The Balaban J connectivity index is 2.71. The van der Waals surface area contributed by atoms with Gasteiger partial charge in [-0.1, -0.05) is 32.6 Å². The molecule has 14 heavy (non-hydrogen) atoms. The first-order valence-corrected chi connectivity index (χ1v) is 5.30. The highest BCUT2D eigenvalue weighted by atomic mass is 16.1. The molecule has 1 saturated carbocycles. The van der Waals surface area contributed by atoms with Crippen molar-refractivity contribution >= 4 is 6.08 Å². The zero-order chi connectivity index (χ0) is 10.4. The minimum absolute atomic E-state index is 0.278. The summed E-state index contributed by atoms with van der Waals surface area (Å²) in [6, 6.07) is 1.65. The molecule has 3 heteroatoms. The van der Waals surface area contributed by atoms with Gasteiger partial charge < -0.3 is 0 Å². The Kier molecular flexibility index (Phi) is 4.35. The van der Waals surface area contributed by atoms with Crippen LogP contribution in [-0.4, -0.2) is 12.1 Å². The van der Waals surface area contributed by atoms with Crippen LogP contribution in [0, 0.1) is 23.2 Å². The number of aliphatic imine (C=N–C) groups is 1. The Morgan fingerprint density at radius 3 is 2.79 bits per heavy atom.